The molecule has 0 saturated heterocycles. The number of nitrogens with zero attached hydrogens (tertiary/aromatic N) is 1. The largest absolute Gasteiger partial charge is 0.353 e. The van der Waals surface area contributed by atoms with Crippen LogP contribution in [0.25, 0.3) is 0 Å². The van der Waals surface area contributed by atoms with Crippen molar-refractivity contribution in [3.63, 3.8) is 0 Å². The van der Waals surface area contributed by atoms with Crippen LogP contribution in [-0.4, -0.2) is 45.8 Å². The molecule has 0 aliphatic carbocycles. The molecule has 1 aliphatic rings. The molecule has 1 unspecified atom stereocenters. The molecule has 1 aliphatic heterocycles. The molecule has 1 amide bonds. The van der Waals surface area contributed by atoms with Gasteiger partial charge in [-0.15, -0.1) is 0 Å². The number of amides is 1. The maximum Gasteiger partial charge on any atom is 0.263 e. The van der Waals surface area contributed by atoms with E-state index in [1.165, 1.54) is 6.07 Å². The zero-order chi connectivity index (χ0) is 18.4. The van der Waals surface area contributed by atoms with Gasteiger partial charge in [0.2, 0.25) is 5.91 Å². The maximum absolute atomic E-state index is 12.5. The highest BCUT2D eigenvalue weighted by molar-refractivity contribution is 7.90. The highest BCUT2D eigenvalue weighted by atomic mass is 32.2. The Balaban J connectivity index is 2.22. The van der Waals surface area contributed by atoms with Crippen molar-refractivity contribution in [3.8, 4) is 0 Å². The van der Waals surface area contributed by atoms with Crippen molar-refractivity contribution in [1.29, 1.82) is 0 Å². The number of carbonyl (C=O) groups excluding carboxylic acids is 1. The first-order valence-corrected chi connectivity index (χ1v) is 10.0. The predicted octanol–water partition coefficient (Wildman–Crippen LogP) is 0.866. The van der Waals surface area contributed by atoms with Crippen LogP contribution in [-0.2, 0) is 14.8 Å². The molecule has 138 valence electrons. The second kappa shape index (κ2) is 8.44. The monoisotopic (exact) mass is 366 g/mol. The summed E-state index contributed by atoms with van der Waals surface area (Å²) in [5, 5.41) is 5.99. The van der Waals surface area contributed by atoms with Crippen molar-refractivity contribution in [1.82, 2.24) is 15.4 Å². The fourth-order valence-electron chi connectivity index (χ4n) is 2.62. The number of fused-ring (bicyclic) bond motifs is 1. The average molecular weight is 366 g/mol. The van der Waals surface area contributed by atoms with Gasteiger partial charge in [-0.05, 0) is 31.0 Å². The van der Waals surface area contributed by atoms with Crippen LogP contribution in [0.15, 0.2) is 34.2 Å². The maximum atomic E-state index is 12.5. The summed E-state index contributed by atoms with van der Waals surface area (Å²) in [5.74, 6) is 0.299. The molecule has 0 aromatic heterocycles. The van der Waals surface area contributed by atoms with Crippen molar-refractivity contribution in [2.24, 2.45) is 10.9 Å². The quantitative estimate of drug-likeness (QED) is 0.594. The minimum absolute atomic E-state index is 0.192. The van der Waals surface area contributed by atoms with E-state index in [9.17, 15) is 13.2 Å². The van der Waals surface area contributed by atoms with E-state index in [0.717, 1.165) is 6.54 Å². The van der Waals surface area contributed by atoms with Gasteiger partial charge in [0.1, 0.15) is 11.9 Å². The molecule has 3 N–H and O–H groups in total. The molecular weight excluding hydrogens is 340 g/mol. The summed E-state index contributed by atoms with van der Waals surface area (Å²) in [7, 11) is -3.60. The van der Waals surface area contributed by atoms with Crippen molar-refractivity contribution in [3.05, 3.63) is 29.8 Å². The Morgan fingerprint density at radius 1 is 1.24 bits per heavy atom. The van der Waals surface area contributed by atoms with E-state index < -0.39 is 16.1 Å². The van der Waals surface area contributed by atoms with Gasteiger partial charge in [-0.2, -0.15) is 0 Å². The van der Waals surface area contributed by atoms with Gasteiger partial charge < -0.3 is 10.6 Å². The standard InChI is InChI=1S/C17H26N4O3S/c1-4-18-9-10-19-17(22)14(11-12(2)3)20-16-13-7-5-6-8-15(13)25(23,24)21-16/h5-8,12,14,18H,4,9-11H2,1-3H3,(H,19,22)(H,20,21). The normalized spacial score (nSPS) is 18.0. The summed E-state index contributed by atoms with van der Waals surface area (Å²) < 4.78 is 26.8. The molecule has 0 saturated carbocycles. The van der Waals surface area contributed by atoms with E-state index in [0.29, 0.717) is 25.1 Å². The van der Waals surface area contributed by atoms with Crippen LogP contribution in [0, 0.1) is 5.92 Å². The molecule has 1 aromatic rings. The lowest BCUT2D eigenvalue weighted by atomic mass is 10.0. The second-order valence-corrected chi connectivity index (χ2v) is 8.02. The van der Waals surface area contributed by atoms with Crippen LogP contribution in [0.5, 0.6) is 0 Å². The summed E-state index contributed by atoms with van der Waals surface area (Å²) in [6.07, 6.45) is 0.542. The number of aliphatic imine (C=N–C) groups is 1. The van der Waals surface area contributed by atoms with Crippen LogP contribution in [0.3, 0.4) is 0 Å². The molecule has 8 heteroatoms. The Morgan fingerprint density at radius 2 is 1.96 bits per heavy atom. The Kier molecular flexibility index (Phi) is 6.55. The molecule has 1 atom stereocenters. The van der Waals surface area contributed by atoms with Crippen molar-refractivity contribution in [2.45, 2.75) is 38.1 Å². The summed E-state index contributed by atoms with van der Waals surface area (Å²) in [6, 6.07) is 6.02. The number of likely N-dealkylation sites (N-methyl/N-ethyl adjacent to an activating group) is 1. The summed E-state index contributed by atoms with van der Waals surface area (Å²) in [4.78, 5) is 17.1. The number of amidine groups is 1. The van der Waals surface area contributed by atoms with E-state index >= 15 is 0 Å². The first-order valence-electron chi connectivity index (χ1n) is 8.53. The van der Waals surface area contributed by atoms with Gasteiger partial charge in [0.05, 0.1) is 4.90 Å². The summed E-state index contributed by atoms with van der Waals surface area (Å²) in [5.41, 5.74) is 0.511. The van der Waals surface area contributed by atoms with Crippen LogP contribution in [0.2, 0.25) is 0 Å². The van der Waals surface area contributed by atoms with Gasteiger partial charge in [-0.25, -0.2) is 8.42 Å². The third-order valence-electron chi connectivity index (χ3n) is 3.80. The van der Waals surface area contributed by atoms with Gasteiger partial charge in [0.15, 0.2) is 0 Å². The smallest absolute Gasteiger partial charge is 0.263 e. The van der Waals surface area contributed by atoms with E-state index in [2.05, 4.69) is 20.3 Å². The van der Waals surface area contributed by atoms with Crippen molar-refractivity contribution in [2.75, 3.05) is 19.6 Å². The first kappa shape index (κ1) is 19.4. The minimum Gasteiger partial charge on any atom is -0.353 e. The summed E-state index contributed by atoms with van der Waals surface area (Å²) >= 11 is 0. The Hall–Kier alpha value is -1.93. The van der Waals surface area contributed by atoms with Crippen molar-refractivity contribution >= 4 is 21.8 Å². The molecule has 0 bridgehead atoms. The molecule has 1 heterocycles. The third kappa shape index (κ3) is 5.02. The van der Waals surface area contributed by atoms with Crippen LogP contribution < -0.4 is 15.4 Å². The number of carbonyl (C=O) groups is 1. The summed E-state index contributed by atoms with van der Waals surface area (Å²) in [6.45, 7) is 8.04. The molecule has 25 heavy (non-hydrogen) atoms. The highest BCUT2D eigenvalue weighted by Crippen LogP contribution is 2.23. The molecule has 2 rings (SSSR count). The first-order chi connectivity index (χ1) is 11.8. The van der Waals surface area contributed by atoms with Crippen LogP contribution in [0.4, 0.5) is 0 Å². The van der Waals surface area contributed by atoms with Gasteiger partial charge in [-0.1, -0.05) is 32.9 Å². The molecule has 7 nitrogen and oxygen atoms in total. The number of nitrogens with one attached hydrogen (secondary N) is 3. The van der Waals surface area contributed by atoms with Gasteiger partial charge in [0.25, 0.3) is 10.0 Å². The second-order valence-electron chi connectivity index (χ2n) is 6.37. The van der Waals surface area contributed by atoms with E-state index in [4.69, 9.17) is 0 Å². The Morgan fingerprint density at radius 3 is 2.64 bits per heavy atom. The highest BCUT2D eigenvalue weighted by Gasteiger charge is 2.31. The fraction of sp³-hybridized carbons (Fsp3) is 0.529. The minimum atomic E-state index is -3.60. The average Bonchev–Trinajstić information content (AvgIpc) is 2.81. The zero-order valence-electron chi connectivity index (χ0n) is 14.9. The van der Waals surface area contributed by atoms with Crippen molar-refractivity contribution < 1.29 is 13.2 Å². The van der Waals surface area contributed by atoms with E-state index in [-0.39, 0.29) is 22.6 Å². The molecular formula is C17H26N4O3S. The van der Waals surface area contributed by atoms with E-state index in [1.807, 2.05) is 20.8 Å². The number of rotatable bonds is 8. The lowest BCUT2D eigenvalue weighted by Crippen LogP contribution is -2.39. The molecule has 0 radical (unpaired) electrons. The van der Waals surface area contributed by atoms with Crippen LogP contribution in [0.1, 0.15) is 32.8 Å². The third-order valence-corrected chi connectivity index (χ3v) is 5.19. The number of hydrogen-bond acceptors (Lipinski definition) is 5. The number of hydrogen-bond donors (Lipinski definition) is 3. The van der Waals surface area contributed by atoms with Gasteiger partial charge in [-0.3, -0.25) is 14.5 Å². The molecule has 1 aromatic carbocycles. The number of benzene rings is 1. The number of sulfonamides is 1. The topological polar surface area (TPSA) is 99.7 Å². The SMILES string of the molecule is CCNCCNC(=O)C(CC(C)C)N=C1NS(=O)(=O)c2ccccc21. The lowest BCUT2D eigenvalue weighted by Gasteiger charge is -2.16. The fourth-order valence-corrected chi connectivity index (χ4v) is 3.86. The lowest BCUT2D eigenvalue weighted by molar-refractivity contribution is -0.122. The van der Waals surface area contributed by atoms with Crippen LogP contribution >= 0.6 is 0 Å². The zero-order valence-corrected chi connectivity index (χ0v) is 15.7. The van der Waals surface area contributed by atoms with Gasteiger partial charge >= 0.3 is 0 Å². The van der Waals surface area contributed by atoms with E-state index in [1.54, 1.807) is 18.2 Å². The van der Waals surface area contributed by atoms with Gasteiger partial charge in [0, 0.05) is 18.7 Å². The predicted molar refractivity (Wildman–Crippen MR) is 98.1 cm³/mol. The molecule has 0 spiro atoms. The molecule has 0 fully saturated rings. The Labute approximate surface area is 149 Å². The Bertz CT molecular complexity index is 744.